The summed E-state index contributed by atoms with van der Waals surface area (Å²) in [5.74, 6) is 3.07. The van der Waals surface area contributed by atoms with Gasteiger partial charge in [-0.1, -0.05) is 52.3 Å². The van der Waals surface area contributed by atoms with Crippen molar-refractivity contribution in [2.75, 3.05) is 51.4 Å². The molecule has 0 fully saturated rings. The lowest BCUT2D eigenvalue weighted by atomic mass is 10.2. The second kappa shape index (κ2) is 25.9. The highest BCUT2D eigenvalue weighted by Crippen LogP contribution is 2.19. The van der Waals surface area contributed by atoms with Gasteiger partial charge < -0.3 is 30.0 Å². The first kappa shape index (κ1) is 40.8. The van der Waals surface area contributed by atoms with Gasteiger partial charge in [0.2, 0.25) is 0 Å². The number of ether oxygens (including phenoxy) is 4. The van der Waals surface area contributed by atoms with Gasteiger partial charge in [-0.3, -0.25) is 0 Å². The smallest absolute Gasteiger partial charge is 0.187 e. The lowest BCUT2D eigenvalue weighted by Crippen LogP contribution is -2.25. The Morgan fingerprint density at radius 1 is 0.583 bits per heavy atom. The second-order valence-electron chi connectivity index (χ2n) is 9.07. The van der Waals surface area contributed by atoms with Crippen LogP contribution >= 0.6 is 28.3 Å². The Kier molecular flexibility index (Phi) is 22.0. The number of nitriles is 1. The fourth-order valence-electron chi connectivity index (χ4n) is 3.42. The van der Waals surface area contributed by atoms with Crippen LogP contribution in [0.3, 0.4) is 0 Å². The average Bonchev–Trinajstić information content (AvgIpc) is 3.14. The van der Waals surface area contributed by atoms with E-state index in [1.807, 2.05) is 0 Å². The lowest BCUT2D eigenvalue weighted by Gasteiger charge is -2.09. The van der Waals surface area contributed by atoms with E-state index in [-0.39, 0.29) is 12.4 Å². The summed E-state index contributed by atoms with van der Waals surface area (Å²) in [7, 11) is 0. The molecule has 0 saturated carbocycles. The third-order valence-electron chi connectivity index (χ3n) is 5.71. The fourth-order valence-corrected chi connectivity index (χ4v) is 3.58. The van der Waals surface area contributed by atoms with Crippen molar-refractivity contribution in [3.8, 4) is 29.1 Å². The van der Waals surface area contributed by atoms with Crippen molar-refractivity contribution in [1.29, 1.82) is 5.26 Å². The van der Waals surface area contributed by atoms with Crippen LogP contribution in [0.2, 0.25) is 0 Å². The standard InChI is InChI=1S/C18H17N3O2.C9H8BrNO.C9H10N2O.ClH/c1-20-16-4-8-18(9-5-16)23-13-11-21-10-12-22-17-6-2-15(14-19)3-7-17;2*1-11-8-2-4-9(5-3-8)12-7-6-10;/h2-9,21H,10-13H2;2-5H,6-7H2;2-5H,6-7,10H2;1H. The third kappa shape index (κ3) is 17.4. The molecule has 0 aliphatic carbocycles. The third-order valence-corrected chi connectivity index (χ3v) is 6.03. The summed E-state index contributed by atoms with van der Waals surface area (Å²) in [5, 5.41) is 12.7. The van der Waals surface area contributed by atoms with Crippen molar-refractivity contribution in [3.63, 3.8) is 0 Å². The molecule has 4 rings (SSSR count). The highest BCUT2D eigenvalue weighted by Gasteiger charge is 1.97. The summed E-state index contributed by atoms with van der Waals surface area (Å²) >= 11 is 3.26. The SMILES string of the molecule is Cl.[C-]#[N+]c1ccc(OCCBr)cc1.[C-]#[N+]c1ccc(OCCN)cc1.[C-]#[N+]c1ccc(OCCNCCOc2ccc(C#N)cc2)cc1. The van der Waals surface area contributed by atoms with E-state index in [1.165, 1.54) is 0 Å². The van der Waals surface area contributed by atoms with Gasteiger partial charge in [0.05, 0.1) is 38.0 Å². The number of nitrogens with zero attached hydrogens (tertiary/aromatic N) is 4. The fraction of sp³-hybridized carbons (Fsp3) is 0.222. The lowest BCUT2D eigenvalue weighted by molar-refractivity contribution is 0.289. The topological polar surface area (TPSA) is 112 Å². The molecule has 12 heteroatoms. The van der Waals surface area contributed by atoms with Gasteiger partial charge in [0.25, 0.3) is 0 Å². The maximum absolute atomic E-state index is 8.71. The van der Waals surface area contributed by atoms with Gasteiger partial charge in [0.1, 0.15) is 42.8 Å². The van der Waals surface area contributed by atoms with E-state index in [0.717, 1.165) is 28.3 Å². The summed E-state index contributed by atoms with van der Waals surface area (Å²) in [5.41, 5.74) is 7.75. The van der Waals surface area contributed by atoms with E-state index in [4.69, 9.17) is 49.7 Å². The van der Waals surface area contributed by atoms with Crippen LogP contribution in [0.1, 0.15) is 5.56 Å². The molecule has 0 saturated heterocycles. The number of benzene rings is 4. The van der Waals surface area contributed by atoms with Gasteiger partial charge in [0, 0.05) is 25.0 Å². The van der Waals surface area contributed by atoms with Gasteiger partial charge >= 0.3 is 0 Å². The number of nitrogens with one attached hydrogen (secondary N) is 1. The van der Waals surface area contributed by atoms with Gasteiger partial charge in [-0.05, 0) is 60.7 Å². The molecule has 0 amide bonds. The molecule has 4 aromatic rings. The summed E-state index contributed by atoms with van der Waals surface area (Å²) in [6, 6.07) is 30.2. The number of halogens is 2. The quantitative estimate of drug-likeness (QED) is 0.0765. The first-order valence-electron chi connectivity index (χ1n) is 14.5. The van der Waals surface area contributed by atoms with Crippen molar-refractivity contribution in [1.82, 2.24) is 5.32 Å². The molecule has 0 aliphatic heterocycles. The van der Waals surface area contributed by atoms with Crippen molar-refractivity contribution >= 4 is 45.4 Å². The van der Waals surface area contributed by atoms with Gasteiger partial charge in [-0.2, -0.15) is 5.26 Å². The molecule has 0 aromatic heterocycles. The summed E-state index contributed by atoms with van der Waals surface area (Å²) < 4.78 is 21.6. The van der Waals surface area contributed by atoms with E-state index in [0.29, 0.717) is 68.7 Å². The Labute approximate surface area is 297 Å². The molecule has 0 radical (unpaired) electrons. The maximum atomic E-state index is 8.71. The van der Waals surface area contributed by atoms with Crippen molar-refractivity contribution in [3.05, 3.63) is 137 Å². The zero-order valence-corrected chi connectivity index (χ0v) is 28.6. The Balaban J connectivity index is 0.000000390. The Morgan fingerprint density at radius 3 is 1.23 bits per heavy atom. The first-order chi connectivity index (χ1) is 23.0. The number of rotatable bonds is 14. The van der Waals surface area contributed by atoms with Crippen molar-refractivity contribution in [2.45, 2.75) is 0 Å². The number of nitrogens with two attached hydrogens (primary N) is 1. The molecule has 0 unspecified atom stereocenters. The molecule has 0 heterocycles. The first-order valence-corrected chi connectivity index (χ1v) is 15.6. The van der Waals surface area contributed by atoms with Crippen molar-refractivity contribution < 1.29 is 18.9 Å². The van der Waals surface area contributed by atoms with Crippen LogP contribution in [-0.4, -0.2) is 51.4 Å². The van der Waals surface area contributed by atoms with Crippen LogP contribution in [0.5, 0.6) is 23.0 Å². The molecule has 0 aliphatic rings. The van der Waals surface area contributed by atoms with Crippen LogP contribution in [0.25, 0.3) is 14.5 Å². The van der Waals surface area contributed by atoms with E-state index >= 15 is 0 Å². The largest absolute Gasteiger partial charge is 0.493 e. The molecular formula is C36H36BrClN6O4. The molecule has 248 valence electrons. The predicted molar refractivity (Wildman–Crippen MR) is 194 cm³/mol. The van der Waals surface area contributed by atoms with Crippen LogP contribution in [0.4, 0.5) is 17.1 Å². The van der Waals surface area contributed by atoms with Gasteiger partial charge in [0.15, 0.2) is 17.1 Å². The second-order valence-corrected chi connectivity index (χ2v) is 9.87. The number of hydrogen-bond acceptors (Lipinski definition) is 7. The minimum absolute atomic E-state index is 0. The summed E-state index contributed by atoms with van der Waals surface area (Å²) in [6.45, 7) is 24.5. The minimum atomic E-state index is 0. The Morgan fingerprint density at radius 2 is 0.917 bits per heavy atom. The van der Waals surface area contributed by atoms with Crippen LogP contribution < -0.4 is 30.0 Å². The molecule has 0 atom stereocenters. The zero-order valence-electron chi connectivity index (χ0n) is 26.2. The average molecular weight is 732 g/mol. The minimum Gasteiger partial charge on any atom is -0.493 e. The monoisotopic (exact) mass is 730 g/mol. The molecule has 0 bridgehead atoms. The van der Waals surface area contributed by atoms with Crippen molar-refractivity contribution in [2.24, 2.45) is 5.73 Å². The predicted octanol–water partition coefficient (Wildman–Crippen LogP) is 8.16. The normalized spacial score (nSPS) is 9.12. The maximum Gasteiger partial charge on any atom is 0.187 e. The van der Waals surface area contributed by atoms with Gasteiger partial charge in [-0.25, -0.2) is 14.5 Å². The van der Waals surface area contributed by atoms with E-state index < -0.39 is 0 Å². The van der Waals surface area contributed by atoms with Gasteiger partial charge in [-0.15, -0.1) is 12.4 Å². The molecular weight excluding hydrogens is 696 g/mol. The summed E-state index contributed by atoms with van der Waals surface area (Å²) in [4.78, 5) is 9.87. The van der Waals surface area contributed by atoms with Crippen LogP contribution in [0, 0.1) is 31.0 Å². The summed E-state index contributed by atoms with van der Waals surface area (Å²) in [6.07, 6.45) is 0. The molecule has 0 spiro atoms. The zero-order chi connectivity index (χ0) is 34.0. The molecule has 3 N–H and O–H groups in total. The van der Waals surface area contributed by atoms with E-state index in [2.05, 4.69) is 41.9 Å². The van der Waals surface area contributed by atoms with Crippen LogP contribution in [-0.2, 0) is 0 Å². The number of hydrogen-bond donors (Lipinski definition) is 2. The highest BCUT2D eigenvalue weighted by molar-refractivity contribution is 9.09. The Hall–Kier alpha value is -5.27. The van der Waals surface area contributed by atoms with E-state index in [1.54, 1.807) is 97.1 Å². The van der Waals surface area contributed by atoms with Crippen LogP contribution in [0.15, 0.2) is 97.1 Å². The Bertz CT molecular complexity index is 1490. The highest BCUT2D eigenvalue weighted by atomic mass is 79.9. The molecule has 4 aromatic carbocycles. The number of alkyl halides is 1. The van der Waals surface area contributed by atoms with E-state index in [9.17, 15) is 0 Å². The molecule has 10 nitrogen and oxygen atoms in total. The molecule has 48 heavy (non-hydrogen) atoms.